The van der Waals surface area contributed by atoms with Crippen molar-refractivity contribution in [3.8, 4) is 0 Å². The molecule has 2 amide bonds. The van der Waals surface area contributed by atoms with E-state index in [1.165, 1.54) is 4.90 Å². The molecule has 2 saturated heterocycles. The van der Waals surface area contributed by atoms with Crippen molar-refractivity contribution in [3.63, 3.8) is 0 Å². The molecule has 0 bridgehead atoms. The smallest absolute Gasteiger partial charge is 0.354 e. The summed E-state index contributed by atoms with van der Waals surface area (Å²) in [6, 6.07) is -0.511. The molecule has 2 fully saturated rings. The van der Waals surface area contributed by atoms with Crippen LogP contribution < -0.4 is 10.6 Å². The molecule has 2 aliphatic rings. The van der Waals surface area contributed by atoms with Gasteiger partial charge >= 0.3 is 6.18 Å². The van der Waals surface area contributed by atoms with Gasteiger partial charge in [-0.2, -0.15) is 13.2 Å². The van der Waals surface area contributed by atoms with Crippen molar-refractivity contribution in [1.82, 2.24) is 15.5 Å². The first kappa shape index (κ1) is 17.1. The monoisotopic (exact) mass is 321 g/mol. The SMILES string of the molecule is O=C(NC1CCCCNC1=O)C1CCN(CC(F)(F)F)CC1. The van der Waals surface area contributed by atoms with Gasteiger partial charge in [-0.25, -0.2) is 0 Å². The molecule has 0 aromatic carbocycles. The molecular weight excluding hydrogens is 299 g/mol. The molecule has 2 rings (SSSR count). The van der Waals surface area contributed by atoms with Gasteiger partial charge in [0.25, 0.3) is 0 Å². The number of piperidine rings is 1. The maximum atomic E-state index is 12.3. The lowest BCUT2D eigenvalue weighted by molar-refractivity contribution is -0.149. The molecule has 1 unspecified atom stereocenters. The Morgan fingerprint density at radius 2 is 1.91 bits per heavy atom. The van der Waals surface area contributed by atoms with Crippen LogP contribution in [0.2, 0.25) is 0 Å². The van der Waals surface area contributed by atoms with Gasteiger partial charge in [-0.05, 0) is 45.2 Å². The molecule has 126 valence electrons. The minimum Gasteiger partial charge on any atom is -0.354 e. The molecule has 1 atom stereocenters. The zero-order chi connectivity index (χ0) is 16.2. The normalized spacial score (nSPS) is 25.4. The second-order valence-corrected chi connectivity index (χ2v) is 6.01. The molecule has 2 heterocycles. The number of nitrogens with zero attached hydrogens (tertiary/aromatic N) is 1. The number of amides is 2. The van der Waals surface area contributed by atoms with Crippen LogP contribution in [0.1, 0.15) is 32.1 Å². The van der Waals surface area contributed by atoms with E-state index in [-0.39, 0.29) is 30.8 Å². The largest absolute Gasteiger partial charge is 0.401 e. The summed E-state index contributed by atoms with van der Waals surface area (Å²) in [5.41, 5.74) is 0. The van der Waals surface area contributed by atoms with Crippen molar-refractivity contribution >= 4 is 11.8 Å². The van der Waals surface area contributed by atoms with Gasteiger partial charge in [-0.1, -0.05) is 0 Å². The summed E-state index contributed by atoms with van der Waals surface area (Å²) in [6.07, 6.45) is -1.02. The summed E-state index contributed by atoms with van der Waals surface area (Å²) in [5.74, 6) is -0.686. The summed E-state index contributed by atoms with van der Waals surface area (Å²) in [7, 11) is 0. The number of nitrogens with one attached hydrogen (secondary N) is 2. The second kappa shape index (κ2) is 7.30. The zero-order valence-corrected chi connectivity index (χ0v) is 12.4. The Labute approximate surface area is 127 Å². The van der Waals surface area contributed by atoms with Gasteiger partial charge in [0.2, 0.25) is 11.8 Å². The lowest BCUT2D eigenvalue weighted by atomic mass is 9.95. The highest BCUT2D eigenvalue weighted by Gasteiger charge is 2.34. The zero-order valence-electron chi connectivity index (χ0n) is 12.4. The van der Waals surface area contributed by atoms with Gasteiger partial charge in [-0.15, -0.1) is 0 Å². The molecule has 8 heteroatoms. The maximum Gasteiger partial charge on any atom is 0.401 e. The lowest BCUT2D eigenvalue weighted by Gasteiger charge is -2.32. The van der Waals surface area contributed by atoms with E-state index >= 15 is 0 Å². The predicted molar refractivity (Wildman–Crippen MR) is 74.0 cm³/mol. The first-order valence-corrected chi connectivity index (χ1v) is 7.72. The number of carbonyl (C=O) groups excluding carboxylic acids is 2. The highest BCUT2D eigenvalue weighted by Crippen LogP contribution is 2.22. The van der Waals surface area contributed by atoms with Crippen LogP contribution in [-0.2, 0) is 9.59 Å². The Morgan fingerprint density at radius 3 is 2.55 bits per heavy atom. The van der Waals surface area contributed by atoms with Gasteiger partial charge in [-0.3, -0.25) is 14.5 Å². The minimum absolute atomic E-state index is 0.166. The molecule has 0 saturated carbocycles. The van der Waals surface area contributed by atoms with Crippen molar-refractivity contribution in [2.45, 2.75) is 44.3 Å². The predicted octanol–water partition coefficient (Wildman–Crippen LogP) is 1.05. The molecule has 0 spiro atoms. The summed E-state index contributed by atoms with van der Waals surface area (Å²) in [6.45, 7) is 0.219. The van der Waals surface area contributed by atoms with Crippen molar-refractivity contribution in [3.05, 3.63) is 0 Å². The van der Waals surface area contributed by atoms with Crippen LogP contribution in [0.15, 0.2) is 0 Å². The number of hydrogen-bond donors (Lipinski definition) is 2. The number of alkyl halides is 3. The highest BCUT2D eigenvalue weighted by molar-refractivity contribution is 5.88. The van der Waals surface area contributed by atoms with E-state index in [4.69, 9.17) is 0 Å². The van der Waals surface area contributed by atoms with Gasteiger partial charge in [0.05, 0.1) is 6.54 Å². The Balaban J connectivity index is 1.78. The first-order valence-electron chi connectivity index (χ1n) is 7.72. The van der Waals surface area contributed by atoms with Crippen molar-refractivity contribution in [2.75, 3.05) is 26.2 Å². The van der Waals surface area contributed by atoms with Gasteiger partial charge in [0, 0.05) is 12.5 Å². The summed E-state index contributed by atoms with van der Waals surface area (Å²) >= 11 is 0. The number of rotatable bonds is 3. The Morgan fingerprint density at radius 1 is 1.23 bits per heavy atom. The molecule has 2 aliphatic heterocycles. The standard InChI is InChI=1S/C14H22F3N3O2/c15-14(16,17)9-20-7-4-10(5-8-20)12(21)19-11-3-1-2-6-18-13(11)22/h10-11H,1-9H2,(H,18,22)(H,19,21). The number of hydrogen-bond acceptors (Lipinski definition) is 3. The van der Waals surface area contributed by atoms with E-state index < -0.39 is 18.8 Å². The van der Waals surface area contributed by atoms with Gasteiger partial charge in [0.1, 0.15) is 6.04 Å². The van der Waals surface area contributed by atoms with Crippen molar-refractivity contribution in [1.29, 1.82) is 0 Å². The number of halogens is 3. The van der Waals surface area contributed by atoms with E-state index in [9.17, 15) is 22.8 Å². The Hall–Kier alpha value is -1.31. The van der Waals surface area contributed by atoms with Gasteiger partial charge in [0.15, 0.2) is 0 Å². The van der Waals surface area contributed by atoms with E-state index in [0.29, 0.717) is 25.8 Å². The molecule has 22 heavy (non-hydrogen) atoms. The molecular formula is C14H22F3N3O2. The summed E-state index contributed by atoms with van der Waals surface area (Å²) in [4.78, 5) is 25.3. The molecule has 0 aromatic heterocycles. The Bertz CT molecular complexity index is 407. The average molecular weight is 321 g/mol. The quantitative estimate of drug-likeness (QED) is 0.817. The van der Waals surface area contributed by atoms with Crippen LogP contribution in [-0.4, -0.2) is 55.1 Å². The fraction of sp³-hybridized carbons (Fsp3) is 0.857. The van der Waals surface area contributed by atoms with Crippen LogP contribution in [0.4, 0.5) is 13.2 Å². The van der Waals surface area contributed by atoms with E-state index in [1.54, 1.807) is 0 Å². The lowest BCUT2D eigenvalue weighted by Crippen LogP contribution is -2.49. The molecule has 0 aromatic rings. The minimum atomic E-state index is -4.20. The fourth-order valence-electron chi connectivity index (χ4n) is 2.97. The third-order valence-corrected chi connectivity index (χ3v) is 4.21. The third kappa shape index (κ3) is 5.15. The van der Waals surface area contributed by atoms with E-state index in [0.717, 1.165) is 12.8 Å². The van der Waals surface area contributed by atoms with E-state index in [1.807, 2.05) is 0 Å². The highest BCUT2D eigenvalue weighted by atomic mass is 19.4. The van der Waals surface area contributed by atoms with Crippen molar-refractivity contribution in [2.24, 2.45) is 5.92 Å². The molecule has 5 nitrogen and oxygen atoms in total. The molecule has 2 N–H and O–H groups in total. The maximum absolute atomic E-state index is 12.3. The van der Waals surface area contributed by atoms with Crippen LogP contribution in [0.25, 0.3) is 0 Å². The average Bonchev–Trinajstić information content (AvgIpc) is 2.63. The van der Waals surface area contributed by atoms with Crippen LogP contribution >= 0.6 is 0 Å². The molecule has 0 aliphatic carbocycles. The number of likely N-dealkylation sites (tertiary alicyclic amines) is 1. The third-order valence-electron chi connectivity index (χ3n) is 4.21. The fourth-order valence-corrected chi connectivity index (χ4v) is 2.97. The van der Waals surface area contributed by atoms with Crippen LogP contribution in [0, 0.1) is 5.92 Å². The van der Waals surface area contributed by atoms with Crippen molar-refractivity contribution < 1.29 is 22.8 Å². The van der Waals surface area contributed by atoms with E-state index in [2.05, 4.69) is 10.6 Å². The Kier molecular flexibility index (Phi) is 5.66. The van der Waals surface area contributed by atoms with Crippen LogP contribution in [0.5, 0.6) is 0 Å². The van der Waals surface area contributed by atoms with Gasteiger partial charge < -0.3 is 10.6 Å². The number of carbonyl (C=O) groups is 2. The topological polar surface area (TPSA) is 61.4 Å². The second-order valence-electron chi connectivity index (χ2n) is 6.01. The summed E-state index contributed by atoms with van der Waals surface area (Å²) in [5, 5.41) is 5.50. The summed E-state index contributed by atoms with van der Waals surface area (Å²) < 4.78 is 37.0. The molecule has 0 radical (unpaired) electrons. The van der Waals surface area contributed by atoms with Crippen LogP contribution in [0.3, 0.4) is 0 Å². The first-order chi connectivity index (χ1) is 10.3.